The molecule has 0 aliphatic carbocycles. The highest BCUT2D eigenvalue weighted by Crippen LogP contribution is 2.35. The summed E-state index contributed by atoms with van der Waals surface area (Å²) >= 11 is 0. The molecule has 0 spiro atoms. The number of para-hydroxylation sites is 1. The molecule has 1 aromatic heterocycles. The second-order valence-corrected chi connectivity index (χ2v) is 6.58. The van der Waals surface area contributed by atoms with Crippen molar-refractivity contribution >= 4 is 23.0 Å². The lowest BCUT2D eigenvalue weighted by Crippen LogP contribution is -2.17. The van der Waals surface area contributed by atoms with E-state index >= 15 is 0 Å². The van der Waals surface area contributed by atoms with E-state index in [9.17, 15) is 15.6 Å². The van der Waals surface area contributed by atoms with Crippen LogP contribution < -0.4 is 11.1 Å². The van der Waals surface area contributed by atoms with Crippen LogP contribution in [-0.4, -0.2) is 22.3 Å². The highest BCUT2D eigenvalue weighted by atomic mass is 16.3. The Balaban J connectivity index is 1.72. The molecular formula is C22H16N6O. The molecule has 29 heavy (non-hydrogen) atoms. The minimum atomic E-state index is 0.0176. The number of pyridine rings is 1. The van der Waals surface area contributed by atoms with E-state index in [1.54, 1.807) is 12.1 Å². The number of nitriles is 2. The fraction of sp³-hybridized carbons (Fsp3) is 0.0909. The smallest absolute Gasteiger partial charge is 0.147 e. The van der Waals surface area contributed by atoms with Gasteiger partial charge in [0.2, 0.25) is 0 Å². The molecule has 2 aromatic carbocycles. The van der Waals surface area contributed by atoms with Crippen LogP contribution >= 0.6 is 0 Å². The van der Waals surface area contributed by atoms with E-state index in [1.165, 1.54) is 12.1 Å². The second-order valence-electron chi connectivity index (χ2n) is 6.58. The zero-order chi connectivity index (χ0) is 20.4. The molecule has 7 heteroatoms. The van der Waals surface area contributed by atoms with Crippen molar-refractivity contribution in [3.8, 4) is 29.0 Å². The summed E-state index contributed by atoms with van der Waals surface area (Å²) in [6, 6.07) is 18.4. The van der Waals surface area contributed by atoms with Crippen molar-refractivity contribution in [3.05, 3.63) is 65.2 Å². The van der Waals surface area contributed by atoms with Crippen LogP contribution in [0.25, 0.3) is 11.1 Å². The van der Waals surface area contributed by atoms with E-state index in [2.05, 4.69) is 21.4 Å². The van der Waals surface area contributed by atoms with Crippen molar-refractivity contribution in [2.45, 2.75) is 6.42 Å². The van der Waals surface area contributed by atoms with Gasteiger partial charge >= 0.3 is 0 Å². The lowest BCUT2D eigenvalue weighted by molar-refractivity contribution is 0.475. The number of anilines is 2. The van der Waals surface area contributed by atoms with Crippen LogP contribution in [0, 0.1) is 22.7 Å². The van der Waals surface area contributed by atoms with Gasteiger partial charge in [0.15, 0.2) is 0 Å². The van der Waals surface area contributed by atoms with Gasteiger partial charge in [-0.3, -0.25) is 4.99 Å². The van der Waals surface area contributed by atoms with Crippen LogP contribution in [0.3, 0.4) is 0 Å². The first-order chi connectivity index (χ1) is 14.1. The summed E-state index contributed by atoms with van der Waals surface area (Å²) in [4.78, 5) is 8.83. The fourth-order valence-electron chi connectivity index (χ4n) is 3.39. The predicted octanol–water partition coefficient (Wildman–Crippen LogP) is 3.52. The molecule has 2 heterocycles. The van der Waals surface area contributed by atoms with Crippen LogP contribution in [0.15, 0.2) is 53.5 Å². The summed E-state index contributed by atoms with van der Waals surface area (Å²) in [6.45, 7) is 0.390. The van der Waals surface area contributed by atoms with Crippen LogP contribution in [-0.2, 0) is 6.42 Å². The number of aliphatic imine (C=N–C) groups is 1. The van der Waals surface area contributed by atoms with E-state index in [0.29, 0.717) is 17.7 Å². The third-order valence-electron chi connectivity index (χ3n) is 4.71. The number of phenols is 1. The topological polar surface area (TPSA) is 131 Å². The maximum atomic E-state index is 9.83. The average molecular weight is 380 g/mol. The Morgan fingerprint density at radius 2 is 1.86 bits per heavy atom. The van der Waals surface area contributed by atoms with Crippen molar-refractivity contribution < 1.29 is 5.11 Å². The van der Waals surface area contributed by atoms with Gasteiger partial charge < -0.3 is 16.2 Å². The first-order valence-corrected chi connectivity index (χ1v) is 8.92. The Labute approximate surface area is 167 Å². The molecular weight excluding hydrogens is 364 g/mol. The lowest BCUT2D eigenvalue weighted by Gasteiger charge is -2.14. The number of nitrogens with two attached hydrogens (primary N) is 1. The summed E-state index contributed by atoms with van der Waals surface area (Å²) in [5.41, 5.74) is 10.2. The monoisotopic (exact) mass is 380 g/mol. The predicted molar refractivity (Wildman–Crippen MR) is 111 cm³/mol. The van der Waals surface area contributed by atoms with Crippen LogP contribution in [0.4, 0.5) is 17.3 Å². The molecule has 140 valence electrons. The molecule has 0 saturated carbocycles. The number of nitrogens with zero attached hydrogens (tertiary/aromatic N) is 4. The van der Waals surface area contributed by atoms with Crippen LogP contribution in [0.2, 0.25) is 0 Å². The quantitative estimate of drug-likeness (QED) is 0.634. The largest absolute Gasteiger partial charge is 0.508 e. The number of rotatable bonds is 4. The first-order valence-electron chi connectivity index (χ1n) is 8.92. The molecule has 0 fully saturated rings. The molecule has 7 nitrogen and oxygen atoms in total. The molecule has 0 amide bonds. The molecule has 0 saturated heterocycles. The van der Waals surface area contributed by atoms with Gasteiger partial charge in [0.25, 0.3) is 0 Å². The minimum absolute atomic E-state index is 0.0176. The van der Waals surface area contributed by atoms with E-state index in [1.807, 2.05) is 30.3 Å². The molecule has 4 rings (SSSR count). The number of nitrogens with one attached hydrogen (secondary N) is 1. The third-order valence-corrected chi connectivity index (χ3v) is 4.71. The maximum Gasteiger partial charge on any atom is 0.147 e. The number of hydrogen-bond donors (Lipinski definition) is 3. The van der Waals surface area contributed by atoms with Crippen LogP contribution in [0.5, 0.6) is 5.75 Å². The second kappa shape index (κ2) is 7.34. The molecule has 0 unspecified atom stereocenters. The molecule has 3 aromatic rings. The Bertz CT molecular complexity index is 1230. The van der Waals surface area contributed by atoms with Gasteiger partial charge in [0, 0.05) is 17.7 Å². The molecule has 1 aliphatic heterocycles. The van der Waals surface area contributed by atoms with Crippen molar-refractivity contribution in [3.63, 3.8) is 0 Å². The number of hydrogen-bond acceptors (Lipinski definition) is 7. The van der Waals surface area contributed by atoms with Gasteiger partial charge in [0.1, 0.15) is 40.7 Å². The van der Waals surface area contributed by atoms with Gasteiger partial charge in [-0.2, -0.15) is 10.5 Å². The summed E-state index contributed by atoms with van der Waals surface area (Å²) in [5.74, 6) is 0.322. The standard InChI is InChI=1S/C22H16N6O/c23-10-17-20(14-5-3-6-16(29)9-14)18(11-24)22(28-21(17)25)26-12-15-8-13-4-1-2-7-19(13)27-15/h1-7,9,29H,8,12H2,(H3,25,26,28). The third kappa shape index (κ3) is 3.33. The van der Waals surface area contributed by atoms with Crippen molar-refractivity contribution in [2.75, 3.05) is 17.6 Å². The van der Waals surface area contributed by atoms with Gasteiger partial charge in [-0.05, 0) is 29.3 Å². The number of fused-ring (bicyclic) bond motifs is 1. The Kier molecular flexibility index (Phi) is 4.56. The van der Waals surface area contributed by atoms with Gasteiger partial charge in [0.05, 0.1) is 12.2 Å². The summed E-state index contributed by atoms with van der Waals surface area (Å²) in [5, 5.41) is 32.3. The van der Waals surface area contributed by atoms with E-state index in [4.69, 9.17) is 5.73 Å². The van der Waals surface area contributed by atoms with Crippen LogP contribution in [0.1, 0.15) is 16.7 Å². The fourth-order valence-corrected chi connectivity index (χ4v) is 3.39. The molecule has 0 radical (unpaired) electrons. The average Bonchev–Trinajstić information content (AvgIpc) is 3.14. The Morgan fingerprint density at radius 1 is 1.07 bits per heavy atom. The maximum absolute atomic E-state index is 9.83. The molecule has 4 N–H and O–H groups in total. The number of benzene rings is 2. The summed E-state index contributed by atoms with van der Waals surface area (Å²) < 4.78 is 0. The van der Waals surface area contributed by atoms with E-state index in [-0.39, 0.29) is 28.5 Å². The number of aromatic nitrogens is 1. The van der Waals surface area contributed by atoms with Gasteiger partial charge in [-0.15, -0.1) is 0 Å². The Hall–Kier alpha value is -4.36. The molecule has 0 atom stereocenters. The van der Waals surface area contributed by atoms with Crippen molar-refractivity contribution in [2.24, 2.45) is 4.99 Å². The highest BCUT2D eigenvalue weighted by Gasteiger charge is 2.21. The highest BCUT2D eigenvalue weighted by molar-refractivity contribution is 5.97. The first kappa shape index (κ1) is 18.0. The summed E-state index contributed by atoms with van der Waals surface area (Å²) in [7, 11) is 0. The number of aromatic hydroxyl groups is 1. The van der Waals surface area contributed by atoms with Gasteiger partial charge in [-0.1, -0.05) is 30.3 Å². The zero-order valence-corrected chi connectivity index (χ0v) is 15.3. The number of phenolic OH excluding ortho intramolecular Hbond substituents is 1. The molecule has 0 bridgehead atoms. The van der Waals surface area contributed by atoms with Gasteiger partial charge in [-0.25, -0.2) is 4.98 Å². The van der Waals surface area contributed by atoms with E-state index in [0.717, 1.165) is 23.4 Å². The minimum Gasteiger partial charge on any atom is -0.508 e. The zero-order valence-electron chi connectivity index (χ0n) is 15.3. The lowest BCUT2D eigenvalue weighted by atomic mass is 9.96. The molecule has 1 aliphatic rings. The summed E-state index contributed by atoms with van der Waals surface area (Å²) in [6.07, 6.45) is 0.718. The normalized spacial score (nSPS) is 11.9. The van der Waals surface area contributed by atoms with E-state index < -0.39 is 0 Å². The van der Waals surface area contributed by atoms with Crippen molar-refractivity contribution in [1.82, 2.24) is 4.98 Å². The van der Waals surface area contributed by atoms with Crippen molar-refractivity contribution in [1.29, 1.82) is 10.5 Å². The SMILES string of the molecule is N#Cc1c(N)nc(NCC2=Nc3ccccc3C2)c(C#N)c1-c1cccc(O)c1. The number of nitrogen functional groups attached to an aromatic ring is 1. The Morgan fingerprint density at radius 3 is 2.59 bits per heavy atom.